The van der Waals surface area contributed by atoms with Crippen molar-refractivity contribution < 1.29 is 8.42 Å². The lowest BCUT2D eigenvalue weighted by Crippen LogP contribution is -2.30. The van der Waals surface area contributed by atoms with Crippen LogP contribution in [0, 0.1) is 0 Å². The van der Waals surface area contributed by atoms with Crippen LogP contribution in [0.25, 0.3) is 0 Å². The third-order valence-corrected chi connectivity index (χ3v) is 5.50. The number of aromatic nitrogens is 1. The van der Waals surface area contributed by atoms with Crippen molar-refractivity contribution >= 4 is 27.5 Å². The van der Waals surface area contributed by atoms with Crippen LogP contribution in [0.4, 0.5) is 5.69 Å². The fourth-order valence-electron chi connectivity index (χ4n) is 1.70. The van der Waals surface area contributed by atoms with Gasteiger partial charge in [-0.15, -0.1) is 0 Å². The molecule has 0 saturated carbocycles. The van der Waals surface area contributed by atoms with E-state index >= 15 is 0 Å². The minimum Gasteiger partial charge on any atom is -0.398 e. The van der Waals surface area contributed by atoms with Crippen LogP contribution in [0.15, 0.2) is 23.4 Å². The molecule has 1 aliphatic rings. The van der Waals surface area contributed by atoms with Gasteiger partial charge in [-0.05, 0) is 24.7 Å². The molecule has 7 heteroatoms. The zero-order valence-electron chi connectivity index (χ0n) is 9.30. The molecule has 0 aromatic carbocycles. The number of thioether (sulfide) groups is 1. The summed E-state index contributed by atoms with van der Waals surface area (Å²) in [6.45, 7) is 0.460. The van der Waals surface area contributed by atoms with E-state index in [1.165, 1.54) is 18.5 Å². The summed E-state index contributed by atoms with van der Waals surface area (Å²) in [5.74, 6) is 1.11. The Bertz CT molecular complexity index is 484. The molecular formula is C10H15N3O2S2. The molecule has 2 rings (SSSR count). The Balaban J connectivity index is 2.06. The highest BCUT2D eigenvalue weighted by molar-refractivity contribution is 8.00. The van der Waals surface area contributed by atoms with Gasteiger partial charge < -0.3 is 5.73 Å². The maximum Gasteiger partial charge on any atom is 0.244 e. The molecule has 1 aromatic rings. The Kier molecular flexibility index (Phi) is 3.90. The number of nitrogens with two attached hydrogens (primary N) is 1. The highest BCUT2D eigenvalue weighted by Gasteiger charge is 2.21. The number of nitrogens with one attached hydrogen (secondary N) is 1. The van der Waals surface area contributed by atoms with Crippen molar-refractivity contribution in [3.05, 3.63) is 18.5 Å². The van der Waals surface area contributed by atoms with Crippen molar-refractivity contribution in [2.24, 2.45) is 0 Å². The van der Waals surface area contributed by atoms with Gasteiger partial charge in [0.25, 0.3) is 0 Å². The number of rotatable bonds is 4. The molecule has 0 bridgehead atoms. The summed E-state index contributed by atoms with van der Waals surface area (Å²) >= 11 is 1.81. The first-order chi connectivity index (χ1) is 8.09. The quantitative estimate of drug-likeness (QED) is 0.849. The summed E-state index contributed by atoms with van der Waals surface area (Å²) in [7, 11) is -3.53. The average Bonchev–Trinajstić information content (AvgIpc) is 2.80. The second kappa shape index (κ2) is 5.24. The molecule has 17 heavy (non-hydrogen) atoms. The van der Waals surface area contributed by atoms with Crippen molar-refractivity contribution in [2.45, 2.75) is 23.0 Å². The van der Waals surface area contributed by atoms with Gasteiger partial charge in [0.2, 0.25) is 10.0 Å². The number of pyridine rings is 1. The summed E-state index contributed by atoms with van der Waals surface area (Å²) < 4.78 is 26.5. The Labute approximate surface area is 105 Å². The van der Waals surface area contributed by atoms with Crippen LogP contribution in [0.5, 0.6) is 0 Å². The molecule has 0 amide bonds. The second-order valence-electron chi connectivity index (χ2n) is 3.90. The average molecular weight is 273 g/mol. The summed E-state index contributed by atoms with van der Waals surface area (Å²) in [5, 5.41) is 0.377. The topological polar surface area (TPSA) is 85.1 Å². The van der Waals surface area contributed by atoms with Gasteiger partial charge >= 0.3 is 0 Å². The van der Waals surface area contributed by atoms with Crippen molar-refractivity contribution in [1.29, 1.82) is 0 Å². The Morgan fingerprint density at radius 2 is 2.41 bits per heavy atom. The fourth-order valence-corrected chi connectivity index (χ4v) is 4.16. The molecule has 1 aliphatic heterocycles. The van der Waals surface area contributed by atoms with Gasteiger partial charge in [0.05, 0.1) is 5.69 Å². The second-order valence-corrected chi connectivity index (χ2v) is 7.04. The van der Waals surface area contributed by atoms with E-state index in [9.17, 15) is 8.42 Å². The first-order valence-corrected chi connectivity index (χ1v) is 7.93. The molecule has 3 N–H and O–H groups in total. The molecule has 5 nitrogen and oxygen atoms in total. The highest BCUT2D eigenvalue weighted by atomic mass is 32.2. The van der Waals surface area contributed by atoms with Crippen LogP contribution >= 0.6 is 11.8 Å². The van der Waals surface area contributed by atoms with Gasteiger partial charge in [0, 0.05) is 24.2 Å². The maximum atomic E-state index is 12.0. The lowest BCUT2D eigenvalue weighted by molar-refractivity contribution is 0.579. The van der Waals surface area contributed by atoms with Gasteiger partial charge in [0.1, 0.15) is 4.90 Å². The zero-order chi connectivity index (χ0) is 12.3. The molecule has 0 spiro atoms. The number of anilines is 1. The molecule has 1 saturated heterocycles. The Morgan fingerprint density at radius 1 is 1.59 bits per heavy atom. The van der Waals surface area contributed by atoms with Crippen molar-refractivity contribution in [1.82, 2.24) is 9.71 Å². The SMILES string of the molecule is Nc1ccncc1S(=O)(=O)NCC1CCCS1. The normalized spacial score (nSPS) is 20.6. The summed E-state index contributed by atoms with van der Waals surface area (Å²) in [4.78, 5) is 3.85. The number of nitrogen functional groups attached to an aromatic ring is 1. The molecule has 0 radical (unpaired) electrons. The largest absolute Gasteiger partial charge is 0.398 e. The molecule has 1 aromatic heterocycles. The highest BCUT2D eigenvalue weighted by Crippen LogP contribution is 2.26. The van der Waals surface area contributed by atoms with Gasteiger partial charge in [-0.2, -0.15) is 11.8 Å². The number of hydrogen-bond acceptors (Lipinski definition) is 5. The van der Waals surface area contributed by atoms with E-state index in [-0.39, 0.29) is 10.6 Å². The number of sulfonamides is 1. The molecule has 1 fully saturated rings. The van der Waals surface area contributed by atoms with E-state index in [2.05, 4.69) is 9.71 Å². The molecule has 94 valence electrons. The number of nitrogens with zero attached hydrogens (tertiary/aromatic N) is 1. The van der Waals surface area contributed by atoms with Gasteiger partial charge in [-0.1, -0.05) is 0 Å². The van der Waals surface area contributed by atoms with Crippen LogP contribution in [0.3, 0.4) is 0 Å². The van der Waals surface area contributed by atoms with Gasteiger partial charge in [-0.3, -0.25) is 4.98 Å². The molecule has 1 unspecified atom stereocenters. The minimum absolute atomic E-state index is 0.0583. The predicted octanol–water partition coefficient (Wildman–Crippen LogP) is 0.838. The first-order valence-electron chi connectivity index (χ1n) is 5.40. The van der Waals surface area contributed by atoms with Crippen molar-refractivity contribution in [3.8, 4) is 0 Å². The first kappa shape index (κ1) is 12.7. The smallest absolute Gasteiger partial charge is 0.244 e. The summed E-state index contributed by atoms with van der Waals surface area (Å²) in [5.41, 5.74) is 5.85. The van der Waals surface area contributed by atoms with Gasteiger partial charge in [-0.25, -0.2) is 13.1 Å². The fraction of sp³-hybridized carbons (Fsp3) is 0.500. The Hall–Kier alpha value is -0.790. The van der Waals surface area contributed by atoms with Crippen LogP contribution < -0.4 is 10.5 Å². The third-order valence-electron chi connectivity index (χ3n) is 2.63. The lowest BCUT2D eigenvalue weighted by atomic mass is 10.2. The maximum absolute atomic E-state index is 12.0. The Morgan fingerprint density at radius 3 is 3.06 bits per heavy atom. The van der Waals surface area contributed by atoms with E-state index in [4.69, 9.17) is 5.73 Å². The van der Waals surface area contributed by atoms with Crippen LogP contribution in [0.1, 0.15) is 12.8 Å². The summed E-state index contributed by atoms with van der Waals surface area (Å²) in [6, 6.07) is 1.49. The van der Waals surface area contributed by atoms with Gasteiger partial charge in [0.15, 0.2) is 0 Å². The molecular weight excluding hydrogens is 258 g/mol. The van der Waals surface area contributed by atoms with E-state index < -0.39 is 10.0 Å². The van der Waals surface area contributed by atoms with Crippen LogP contribution in [0.2, 0.25) is 0 Å². The van der Waals surface area contributed by atoms with E-state index in [0.29, 0.717) is 11.8 Å². The van der Waals surface area contributed by atoms with E-state index in [1.54, 1.807) is 0 Å². The molecule has 0 aliphatic carbocycles. The predicted molar refractivity (Wildman–Crippen MR) is 69.3 cm³/mol. The standard InChI is InChI=1S/C10H15N3O2S2/c11-9-3-4-12-7-10(9)17(14,15)13-6-8-2-1-5-16-8/h3-4,7-8,13H,1-2,5-6H2,(H2,11,12). The summed E-state index contributed by atoms with van der Waals surface area (Å²) in [6.07, 6.45) is 4.97. The third kappa shape index (κ3) is 3.11. The minimum atomic E-state index is -3.53. The van der Waals surface area contributed by atoms with E-state index in [1.807, 2.05) is 11.8 Å². The van der Waals surface area contributed by atoms with Crippen molar-refractivity contribution in [2.75, 3.05) is 18.0 Å². The molecule has 2 heterocycles. The number of hydrogen-bond donors (Lipinski definition) is 2. The van der Waals surface area contributed by atoms with Crippen LogP contribution in [-0.4, -0.2) is 30.9 Å². The van der Waals surface area contributed by atoms with Crippen LogP contribution in [-0.2, 0) is 10.0 Å². The monoisotopic (exact) mass is 273 g/mol. The zero-order valence-corrected chi connectivity index (χ0v) is 10.9. The lowest BCUT2D eigenvalue weighted by Gasteiger charge is -2.11. The molecule has 1 atom stereocenters. The van der Waals surface area contributed by atoms with Crippen molar-refractivity contribution in [3.63, 3.8) is 0 Å². The van der Waals surface area contributed by atoms with E-state index in [0.717, 1.165) is 18.6 Å².